The molecule has 37 heavy (non-hydrogen) atoms. The Morgan fingerprint density at radius 2 is 1.43 bits per heavy atom. The Kier molecular flexibility index (Phi) is 5.78. The molecule has 0 spiro atoms. The number of fused-ring (bicyclic) bond motifs is 1. The molecule has 1 atom stereocenters. The van der Waals surface area contributed by atoms with E-state index in [0.717, 1.165) is 44.8 Å². The van der Waals surface area contributed by atoms with E-state index in [1.165, 1.54) is 11.1 Å². The summed E-state index contributed by atoms with van der Waals surface area (Å²) in [6.45, 7) is 2.23. The average molecular weight is 482 g/mol. The fourth-order valence-electron chi connectivity index (χ4n) is 5.01. The SMILES string of the molecule is CC(c1ccccc1)c1ccnc(-c2cccc(-c3cccc4c3nc(-c3ccccc3O)n4C)c2)c1. The van der Waals surface area contributed by atoms with E-state index in [1.807, 2.05) is 42.1 Å². The number of aromatic nitrogens is 3. The minimum atomic E-state index is 0.222. The number of phenols is 1. The molecule has 0 amide bonds. The van der Waals surface area contributed by atoms with E-state index in [9.17, 15) is 5.11 Å². The van der Waals surface area contributed by atoms with Crippen LogP contribution in [0.15, 0.2) is 115 Å². The molecule has 2 aromatic heterocycles. The first-order valence-corrected chi connectivity index (χ1v) is 12.5. The number of para-hydroxylation sites is 2. The number of benzene rings is 4. The molecule has 180 valence electrons. The first-order valence-electron chi connectivity index (χ1n) is 12.5. The van der Waals surface area contributed by atoms with Gasteiger partial charge in [0.1, 0.15) is 11.6 Å². The van der Waals surface area contributed by atoms with Crippen LogP contribution >= 0.6 is 0 Å². The molecule has 0 aliphatic carbocycles. The summed E-state index contributed by atoms with van der Waals surface area (Å²) >= 11 is 0. The second-order valence-corrected chi connectivity index (χ2v) is 9.37. The number of nitrogens with zero attached hydrogens (tertiary/aromatic N) is 3. The Balaban J connectivity index is 1.42. The smallest absolute Gasteiger partial charge is 0.144 e. The molecule has 0 bridgehead atoms. The zero-order valence-electron chi connectivity index (χ0n) is 20.8. The molecule has 0 aliphatic rings. The van der Waals surface area contributed by atoms with Crippen LogP contribution in [0, 0.1) is 0 Å². The summed E-state index contributed by atoms with van der Waals surface area (Å²) in [4.78, 5) is 9.68. The molecule has 0 aliphatic heterocycles. The molecule has 0 saturated carbocycles. The third-order valence-corrected chi connectivity index (χ3v) is 7.11. The van der Waals surface area contributed by atoms with Gasteiger partial charge in [-0.25, -0.2) is 4.98 Å². The Morgan fingerprint density at radius 3 is 2.27 bits per heavy atom. The number of aryl methyl sites for hydroxylation is 1. The largest absolute Gasteiger partial charge is 0.507 e. The number of aromatic hydroxyl groups is 1. The van der Waals surface area contributed by atoms with E-state index in [0.29, 0.717) is 0 Å². The molecule has 6 rings (SSSR count). The lowest BCUT2D eigenvalue weighted by molar-refractivity contribution is 0.476. The minimum Gasteiger partial charge on any atom is -0.507 e. The van der Waals surface area contributed by atoms with E-state index in [2.05, 4.69) is 85.8 Å². The van der Waals surface area contributed by atoms with Crippen molar-refractivity contribution in [3.05, 3.63) is 127 Å². The van der Waals surface area contributed by atoms with E-state index in [4.69, 9.17) is 9.97 Å². The van der Waals surface area contributed by atoms with Crippen LogP contribution in [-0.4, -0.2) is 19.6 Å². The van der Waals surface area contributed by atoms with E-state index in [1.54, 1.807) is 6.07 Å². The quantitative estimate of drug-likeness (QED) is 0.273. The van der Waals surface area contributed by atoms with Crippen molar-refractivity contribution >= 4 is 11.0 Å². The third-order valence-electron chi connectivity index (χ3n) is 7.11. The normalized spacial score (nSPS) is 12.1. The van der Waals surface area contributed by atoms with Gasteiger partial charge in [-0.3, -0.25) is 4.98 Å². The zero-order valence-corrected chi connectivity index (χ0v) is 20.8. The highest BCUT2D eigenvalue weighted by Crippen LogP contribution is 2.36. The van der Waals surface area contributed by atoms with Gasteiger partial charge in [-0.05, 0) is 53.1 Å². The summed E-state index contributed by atoms with van der Waals surface area (Å²) in [6.07, 6.45) is 1.90. The summed E-state index contributed by atoms with van der Waals surface area (Å²) in [5, 5.41) is 10.4. The third kappa shape index (κ3) is 4.17. The highest BCUT2D eigenvalue weighted by Gasteiger charge is 2.16. The molecular weight excluding hydrogens is 454 g/mol. The molecule has 1 unspecified atom stereocenters. The van der Waals surface area contributed by atoms with Crippen LogP contribution in [0.3, 0.4) is 0 Å². The maximum absolute atomic E-state index is 10.4. The predicted molar refractivity (Wildman–Crippen MR) is 150 cm³/mol. The standard InChI is InChI=1S/C33H27N3O/c1-22(23-10-4-3-5-11-23)24-18-19-34-29(21-24)26-13-8-12-25(20-26)27-15-9-16-30-32(27)35-33(36(30)2)28-14-6-7-17-31(28)37/h3-22,37H,1-2H3. The summed E-state index contributed by atoms with van der Waals surface area (Å²) in [6, 6.07) is 36.9. The van der Waals surface area contributed by atoms with Crippen molar-refractivity contribution in [3.63, 3.8) is 0 Å². The van der Waals surface area contributed by atoms with E-state index < -0.39 is 0 Å². The first kappa shape index (κ1) is 22.7. The van der Waals surface area contributed by atoms with E-state index >= 15 is 0 Å². The Morgan fingerprint density at radius 1 is 0.703 bits per heavy atom. The summed E-state index contributed by atoms with van der Waals surface area (Å²) in [5.41, 5.74) is 9.29. The van der Waals surface area contributed by atoms with E-state index in [-0.39, 0.29) is 11.7 Å². The van der Waals surface area contributed by atoms with Crippen LogP contribution in [0.4, 0.5) is 0 Å². The number of rotatable bonds is 5. The van der Waals surface area contributed by atoms with Crippen molar-refractivity contribution in [1.29, 1.82) is 0 Å². The van der Waals surface area contributed by atoms with Gasteiger partial charge in [0.2, 0.25) is 0 Å². The maximum atomic E-state index is 10.4. The second kappa shape index (κ2) is 9.40. The summed E-state index contributed by atoms with van der Waals surface area (Å²) in [7, 11) is 1.99. The van der Waals surface area contributed by atoms with Crippen LogP contribution in [0.1, 0.15) is 24.0 Å². The second-order valence-electron chi connectivity index (χ2n) is 9.37. The van der Waals surface area contributed by atoms with Crippen LogP contribution in [0.5, 0.6) is 5.75 Å². The van der Waals surface area contributed by atoms with Crippen molar-refractivity contribution in [2.45, 2.75) is 12.8 Å². The Bertz CT molecular complexity index is 1720. The van der Waals surface area contributed by atoms with Crippen LogP contribution in [0.25, 0.3) is 44.8 Å². The van der Waals surface area contributed by atoms with Crippen molar-refractivity contribution in [1.82, 2.24) is 14.5 Å². The van der Waals surface area contributed by atoms with Crippen molar-refractivity contribution in [3.8, 4) is 39.5 Å². The molecular formula is C33H27N3O. The molecule has 6 aromatic rings. The molecule has 4 nitrogen and oxygen atoms in total. The lowest BCUT2D eigenvalue weighted by Gasteiger charge is -2.14. The van der Waals surface area contributed by atoms with Gasteiger partial charge in [-0.1, -0.05) is 79.7 Å². The number of pyridine rings is 1. The molecule has 1 N–H and O–H groups in total. The van der Waals surface area contributed by atoms with Gasteiger partial charge in [0.05, 0.1) is 22.3 Å². The predicted octanol–water partition coefficient (Wildman–Crippen LogP) is 7.83. The fourth-order valence-corrected chi connectivity index (χ4v) is 5.01. The molecule has 2 heterocycles. The lowest BCUT2D eigenvalue weighted by atomic mass is 9.92. The van der Waals surface area contributed by atoms with Crippen molar-refractivity contribution in [2.75, 3.05) is 0 Å². The fraction of sp³-hybridized carbons (Fsp3) is 0.0909. The van der Waals surface area contributed by atoms with Crippen LogP contribution in [0.2, 0.25) is 0 Å². The van der Waals surface area contributed by atoms with Crippen molar-refractivity contribution < 1.29 is 5.11 Å². The molecule has 0 fully saturated rings. The highest BCUT2D eigenvalue weighted by molar-refractivity contribution is 5.95. The lowest BCUT2D eigenvalue weighted by Crippen LogP contribution is -1.97. The van der Waals surface area contributed by atoms with Crippen molar-refractivity contribution in [2.24, 2.45) is 7.05 Å². The zero-order chi connectivity index (χ0) is 25.4. The first-order chi connectivity index (χ1) is 18.1. The highest BCUT2D eigenvalue weighted by atomic mass is 16.3. The van der Waals surface area contributed by atoms with Gasteiger partial charge >= 0.3 is 0 Å². The van der Waals surface area contributed by atoms with Gasteiger partial charge < -0.3 is 9.67 Å². The average Bonchev–Trinajstić information content (AvgIpc) is 3.29. The number of phenolic OH excluding ortho intramolecular Hbond substituents is 1. The Hall–Kier alpha value is -4.70. The van der Waals surface area contributed by atoms with Crippen LogP contribution < -0.4 is 0 Å². The molecule has 4 heteroatoms. The van der Waals surface area contributed by atoms with Gasteiger partial charge in [0.25, 0.3) is 0 Å². The number of hydrogen-bond acceptors (Lipinski definition) is 3. The van der Waals surface area contributed by atoms with Gasteiger partial charge in [-0.15, -0.1) is 0 Å². The summed E-state index contributed by atoms with van der Waals surface area (Å²) in [5.74, 6) is 1.24. The van der Waals surface area contributed by atoms with Gasteiger partial charge in [0, 0.05) is 30.3 Å². The summed E-state index contributed by atoms with van der Waals surface area (Å²) < 4.78 is 2.04. The molecule has 4 aromatic carbocycles. The van der Waals surface area contributed by atoms with Crippen LogP contribution in [-0.2, 0) is 7.05 Å². The van der Waals surface area contributed by atoms with Gasteiger partial charge in [0.15, 0.2) is 0 Å². The Labute approximate surface area is 216 Å². The molecule has 0 radical (unpaired) electrons. The number of hydrogen-bond donors (Lipinski definition) is 1. The van der Waals surface area contributed by atoms with Gasteiger partial charge in [-0.2, -0.15) is 0 Å². The number of imidazole rings is 1. The maximum Gasteiger partial charge on any atom is 0.144 e. The minimum absolute atomic E-state index is 0.222. The topological polar surface area (TPSA) is 50.9 Å². The monoisotopic (exact) mass is 481 g/mol. The molecule has 0 saturated heterocycles.